The predicted octanol–water partition coefficient (Wildman–Crippen LogP) is 3.93. The second kappa shape index (κ2) is 4.61. The standard InChI is InChI=1S/C10H11ClN2S2/c1-2-7(12)10-13-8(5-15-10)6-3-9(11)14-4-6/h3-5,7H,2,12H2,1H3. The summed E-state index contributed by atoms with van der Waals surface area (Å²) in [5.41, 5.74) is 7.97. The van der Waals surface area contributed by atoms with Crippen LogP contribution in [0.2, 0.25) is 4.34 Å². The van der Waals surface area contributed by atoms with Gasteiger partial charge in [-0.3, -0.25) is 0 Å². The third kappa shape index (κ3) is 2.39. The number of hydrogen-bond acceptors (Lipinski definition) is 4. The molecule has 2 rings (SSSR count). The highest BCUT2D eigenvalue weighted by atomic mass is 35.5. The van der Waals surface area contributed by atoms with Crippen LogP contribution in [0.15, 0.2) is 16.8 Å². The van der Waals surface area contributed by atoms with E-state index in [1.165, 1.54) is 11.3 Å². The van der Waals surface area contributed by atoms with Gasteiger partial charge in [-0.2, -0.15) is 0 Å². The van der Waals surface area contributed by atoms with E-state index in [2.05, 4.69) is 11.9 Å². The Balaban J connectivity index is 2.27. The molecule has 0 radical (unpaired) electrons. The van der Waals surface area contributed by atoms with Crippen LogP contribution >= 0.6 is 34.3 Å². The minimum Gasteiger partial charge on any atom is -0.322 e. The summed E-state index contributed by atoms with van der Waals surface area (Å²) in [6, 6.07) is 1.99. The van der Waals surface area contributed by atoms with Crippen molar-refractivity contribution in [2.24, 2.45) is 5.73 Å². The Bertz CT molecular complexity index is 450. The first-order valence-corrected chi connectivity index (χ1v) is 6.80. The number of aromatic nitrogens is 1. The molecule has 1 unspecified atom stereocenters. The molecule has 1 atom stereocenters. The molecule has 0 saturated heterocycles. The summed E-state index contributed by atoms with van der Waals surface area (Å²) in [7, 11) is 0. The van der Waals surface area contributed by atoms with Crippen LogP contribution in [0.1, 0.15) is 24.4 Å². The lowest BCUT2D eigenvalue weighted by Crippen LogP contribution is -2.07. The van der Waals surface area contributed by atoms with Crippen molar-refractivity contribution in [3.63, 3.8) is 0 Å². The molecule has 0 fully saturated rings. The van der Waals surface area contributed by atoms with Crippen molar-refractivity contribution < 1.29 is 0 Å². The molecule has 2 N–H and O–H groups in total. The van der Waals surface area contributed by atoms with E-state index in [0.29, 0.717) is 0 Å². The maximum atomic E-state index is 5.92. The van der Waals surface area contributed by atoms with Gasteiger partial charge in [-0.1, -0.05) is 18.5 Å². The molecule has 5 heteroatoms. The molecule has 0 spiro atoms. The van der Waals surface area contributed by atoms with Crippen molar-refractivity contribution >= 4 is 34.3 Å². The predicted molar refractivity (Wildman–Crippen MR) is 67.7 cm³/mol. The minimum absolute atomic E-state index is 0.0536. The normalized spacial score (nSPS) is 13.0. The summed E-state index contributed by atoms with van der Waals surface area (Å²) < 4.78 is 0.791. The molecule has 2 heterocycles. The zero-order valence-electron chi connectivity index (χ0n) is 8.24. The number of thiazole rings is 1. The van der Waals surface area contributed by atoms with Gasteiger partial charge in [-0.05, 0) is 12.5 Å². The fourth-order valence-electron chi connectivity index (χ4n) is 1.21. The highest BCUT2D eigenvalue weighted by Gasteiger charge is 2.10. The Morgan fingerprint density at radius 3 is 2.87 bits per heavy atom. The van der Waals surface area contributed by atoms with Gasteiger partial charge in [0.1, 0.15) is 5.01 Å². The zero-order chi connectivity index (χ0) is 10.8. The van der Waals surface area contributed by atoms with Crippen LogP contribution in [0, 0.1) is 0 Å². The van der Waals surface area contributed by atoms with Crippen LogP contribution in [-0.4, -0.2) is 4.98 Å². The molecule has 80 valence electrons. The van der Waals surface area contributed by atoms with E-state index in [-0.39, 0.29) is 6.04 Å². The number of nitrogens with two attached hydrogens (primary N) is 1. The van der Waals surface area contributed by atoms with Crippen molar-refractivity contribution in [1.82, 2.24) is 4.98 Å². The van der Waals surface area contributed by atoms with Crippen LogP contribution in [0.4, 0.5) is 0 Å². The van der Waals surface area contributed by atoms with E-state index in [1.807, 2.05) is 16.8 Å². The van der Waals surface area contributed by atoms with E-state index in [0.717, 1.165) is 27.0 Å². The zero-order valence-corrected chi connectivity index (χ0v) is 10.6. The molecule has 0 bridgehead atoms. The van der Waals surface area contributed by atoms with E-state index < -0.39 is 0 Å². The number of halogens is 1. The molecule has 0 saturated carbocycles. The summed E-state index contributed by atoms with van der Waals surface area (Å²) in [5.74, 6) is 0. The number of hydrogen-bond donors (Lipinski definition) is 1. The highest BCUT2D eigenvalue weighted by molar-refractivity contribution is 7.14. The van der Waals surface area contributed by atoms with E-state index in [9.17, 15) is 0 Å². The van der Waals surface area contributed by atoms with Gasteiger partial charge in [0.15, 0.2) is 0 Å². The Hall–Kier alpha value is -0.420. The Labute approximate surface area is 102 Å². The number of rotatable bonds is 3. The van der Waals surface area contributed by atoms with Crippen LogP contribution in [-0.2, 0) is 0 Å². The fraction of sp³-hybridized carbons (Fsp3) is 0.300. The quantitative estimate of drug-likeness (QED) is 0.906. The van der Waals surface area contributed by atoms with E-state index in [1.54, 1.807) is 11.3 Å². The number of nitrogens with zero attached hydrogens (tertiary/aromatic N) is 1. The smallest absolute Gasteiger partial charge is 0.110 e. The molecular weight excluding hydrogens is 248 g/mol. The fourth-order valence-corrected chi connectivity index (χ4v) is 3.00. The van der Waals surface area contributed by atoms with Crippen molar-refractivity contribution in [3.05, 3.63) is 26.2 Å². The molecule has 0 aromatic carbocycles. The van der Waals surface area contributed by atoms with Crippen LogP contribution in [0.5, 0.6) is 0 Å². The van der Waals surface area contributed by atoms with Gasteiger partial charge in [-0.25, -0.2) is 4.98 Å². The third-order valence-electron chi connectivity index (χ3n) is 2.14. The average Bonchev–Trinajstić information content (AvgIpc) is 2.84. The lowest BCUT2D eigenvalue weighted by Gasteiger charge is -2.02. The van der Waals surface area contributed by atoms with Gasteiger partial charge in [-0.15, -0.1) is 22.7 Å². The molecule has 15 heavy (non-hydrogen) atoms. The van der Waals surface area contributed by atoms with Gasteiger partial charge < -0.3 is 5.73 Å². The van der Waals surface area contributed by atoms with Crippen molar-refractivity contribution in [2.75, 3.05) is 0 Å². The summed E-state index contributed by atoms with van der Waals surface area (Å²) in [4.78, 5) is 4.51. The molecule has 0 aliphatic rings. The molecule has 0 amide bonds. The van der Waals surface area contributed by atoms with Crippen LogP contribution in [0.25, 0.3) is 11.3 Å². The van der Waals surface area contributed by atoms with Crippen molar-refractivity contribution in [1.29, 1.82) is 0 Å². The first kappa shape index (κ1) is 11.1. The summed E-state index contributed by atoms with van der Waals surface area (Å²) in [6.45, 7) is 2.06. The molecule has 0 aliphatic carbocycles. The van der Waals surface area contributed by atoms with Gasteiger partial charge in [0.25, 0.3) is 0 Å². The summed E-state index contributed by atoms with van der Waals surface area (Å²) >= 11 is 9.01. The van der Waals surface area contributed by atoms with Crippen LogP contribution in [0.3, 0.4) is 0 Å². The molecule has 2 aromatic heterocycles. The lowest BCUT2D eigenvalue weighted by atomic mass is 10.2. The SMILES string of the molecule is CCC(N)c1nc(-c2csc(Cl)c2)cs1. The highest BCUT2D eigenvalue weighted by Crippen LogP contribution is 2.30. The molecular formula is C10H11ClN2S2. The van der Waals surface area contributed by atoms with E-state index in [4.69, 9.17) is 17.3 Å². The first-order chi connectivity index (χ1) is 7.20. The monoisotopic (exact) mass is 258 g/mol. The second-order valence-electron chi connectivity index (χ2n) is 3.23. The van der Waals surface area contributed by atoms with Gasteiger partial charge in [0.05, 0.1) is 16.1 Å². The number of thiophene rings is 1. The Kier molecular flexibility index (Phi) is 3.41. The average molecular weight is 259 g/mol. The molecule has 0 aliphatic heterocycles. The van der Waals surface area contributed by atoms with Gasteiger partial charge >= 0.3 is 0 Å². The second-order valence-corrected chi connectivity index (χ2v) is 5.66. The maximum absolute atomic E-state index is 5.92. The van der Waals surface area contributed by atoms with Crippen molar-refractivity contribution in [3.8, 4) is 11.3 Å². The van der Waals surface area contributed by atoms with E-state index >= 15 is 0 Å². The van der Waals surface area contributed by atoms with Crippen LogP contribution < -0.4 is 5.73 Å². The topological polar surface area (TPSA) is 38.9 Å². The molecule has 2 aromatic rings. The molecule has 2 nitrogen and oxygen atoms in total. The maximum Gasteiger partial charge on any atom is 0.110 e. The third-order valence-corrected chi connectivity index (χ3v) is 4.21. The summed E-state index contributed by atoms with van der Waals surface area (Å²) in [6.07, 6.45) is 0.914. The lowest BCUT2D eigenvalue weighted by molar-refractivity contribution is 0.693. The van der Waals surface area contributed by atoms with Crippen molar-refractivity contribution in [2.45, 2.75) is 19.4 Å². The first-order valence-electron chi connectivity index (χ1n) is 4.66. The Morgan fingerprint density at radius 2 is 2.27 bits per heavy atom. The van der Waals surface area contributed by atoms with Gasteiger partial charge in [0.2, 0.25) is 0 Å². The largest absolute Gasteiger partial charge is 0.322 e. The minimum atomic E-state index is 0.0536. The summed E-state index contributed by atoms with van der Waals surface area (Å²) in [5, 5.41) is 5.04. The van der Waals surface area contributed by atoms with Gasteiger partial charge in [0, 0.05) is 16.3 Å². The Morgan fingerprint density at radius 1 is 1.47 bits per heavy atom.